The molecule has 6 heterocycles. The zero-order valence-corrected chi connectivity index (χ0v) is 22.8. The Hall–Kier alpha value is -3.42. The van der Waals surface area contributed by atoms with Gasteiger partial charge >= 0.3 is 0 Å². The second kappa shape index (κ2) is 9.65. The van der Waals surface area contributed by atoms with Crippen LogP contribution in [-0.4, -0.2) is 75.0 Å². The molecular weight excluding hydrogens is 490 g/mol. The lowest BCUT2D eigenvalue weighted by Crippen LogP contribution is -2.81. The predicted octanol–water partition coefficient (Wildman–Crippen LogP) is 4.48. The number of hydrogen-bond donors (Lipinski definition) is 3. The van der Waals surface area contributed by atoms with Gasteiger partial charge in [0.1, 0.15) is 5.82 Å². The molecule has 4 fully saturated rings. The number of aryl methyl sites for hydroxylation is 1. The van der Waals surface area contributed by atoms with E-state index in [-0.39, 0.29) is 0 Å². The number of aromatic nitrogens is 4. The van der Waals surface area contributed by atoms with Crippen molar-refractivity contribution in [2.75, 3.05) is 35.7 Å². The molecule has 4 saturated heterocycles. The Morgan fingerprint density at radius 2 is 1.95 bits per heavy atom. The minimum Gasteiger partial charge on any atom is -0.381 e. The summed E-state index contributed by atoms with van der Waals surface area (Å²) in [4.78, 5) is 15.1. The molecule has 39 heavy (non-hydrogen) atoms. The molecular formula is C29H37N9O. The van der Waals surface area contributed by atoms with E-state index in [1.165, 1.54) is 18.5 Å². The maximum absolute atomic E-state index is 9.06. The largest absolute Gasteiger partial charge is 0.381 e. The van der Waals surface area contributed by atoms with Crippen molar-refractivity contribution >= 4 is 34.2 Å². The van der Waals surface area contributed by atoms with E-state index in [9.17, 15) is 0 Å². The second-order valence-electron chi connectivity index (χ2n) is 11.9. The molecule has 0 bridgehead atoms. The molecule has 4 aliphatic rings. The molecule has 4 aliphatic heterocycles. The van der Waals surface area contributed by atoms with Crippen LogP contribution >= 0.6 is 0 Å². The average Bonchev–Trinajstić information content (AvgIpc) is 3.33. The highest BCUT2D eigenvalue weighted by atomic mass is 16.5. The van der Waals surface area contributed by atoms with Gasteiger partial charge in [-0.2, -0.15) is 15.3 Å². The molecule has 2 unspecified atom stereocenters. The first kappa shape index (κ1) is 24.6. The first-order valence-electron chi connectivity index (χ1n) is 14.3. The number of methoxy groups -OCH3 is 1. The van der Waals surface area contributed by atoms with Crippen molar-refractivity contribution in [3.8, 4) is 6.07 Å². The summed E-state index contributed by atoms with van der Waals surface area (Å²) >= 11 is 0. The van der Waals surface area contributed by atoms with Gasteiger partial charge in [0.05, 0.1) is 17.7 Å². The first-order valence-corrected chi connectivity index (χ1v) is 14.3. The van der Waals surface area contributed by atoms with E-state index in [4.69, 9.17) is 20.0 Å². The lowest BCUT2D eigenvalue weighted by molar-refractivity contribution is -0.222. The molecule has 10 nitrogen and oxygen atoms in total. The molecule has 3 N–H and O–H groups in total. The van der Waals surface area contributed by atoms with E-state index < -0.39 is 0 Å². The van der Waals surface area contributed by atoms with Crippen LogP contribution < -0.4 is 15.5 Å². The van der Waals surface area contributed by atoms with E-state index in [1.807, 2.05) is 20.1 Å². The molecule has 7 rings (SSSR count). The molecule has 10 heteroatoms. The van der Waals surface area contributed by atoms with Crippen LogP contribution in [0.15, 0.2) is 24.3 Å². The number of benzene rings is 1. The quantitative estimate of drug-likeness (QED) is 0.389. The number of fused-ring (bicyclic) bond motifs is 1. The van der Waals surface area contributed by atoms with Crippen LogP contribution in [0.1, 0.15) is 57.1 Å². The van der Waals surface area contributed by atoms with Gasteiger partial charge in [-0.3, -0.25) is 10.00 Å². The van der Waals surface area contributed by atoms with Gasteiger partial charge in [0.2, 0.25) is 5.95 Å². The maximum Gasteiger partial charge on any atom is 0.225 e. The average molecular weight is 528 g/mol. The van der Waals surface area contributed by atoms with E-state index in [1.54, 1.807) is 0 Å². The summed E-state index contributed by atoms with van der Waals surface area (Å²) in [6.07, 6.45) is 8.75. The normalized spacial score (nSPS) is 28.3. The SMILES string of the molecule is COC1CCN(c2ccc3c(Nc4cc(C)[nH]n4)nc(NC4C[C@@H]5CC6(CCC#N)C[C@H](C4)N56)nc3c2)CC1. The number of hydrogen-bond acceptors (Lipinski definition) is 9. The number of ether oxygens (including phenoxy) is 1. The second-order valence-corrected chi connectivity index (χ2v) is 11.9. The lowest BCUT2D eigenvalue weighted by Gasteiger charge is -2.74. The molecule has 4 atom stereocenters. The van der Waals surface area contributed by atoms with Crippen molar-refractivity contribution in [2.45, 2.75) is 88.1 Å². The fraction of sp³-hybridized carbons (Fsp3) is 0.586. The van der Waals surface area contributed by atoms with Gasteiger partial charge in [-0.15, -0.1) is 0 Å². The molecule has 204 valence electrons. The van der Waals surface area contributed by atoms with Crippen molar-refractivity contribution in [3.63, 3.8) is 0 Å². The summed E-state index contributed by atoms with van der Waals surface area (Å²) in [7, 11) is 1.81. The summed E-state index contributed by atoms with van der Waals surface area (Å²) in [5.74, 6) is 2.18. The molecule has 2 aromatic heterocycles. The summed E-state index contributed by atoms with van der Waals surface area (Å²) in [5, 5.41) is 24.6. The third-order valence-electron chi connectivity index (χ3n) is 9.49. The molecule has 0 saturated carbocycles. The Morgan fingerprint density at radius 3 is 2.64 bits per heavy atom. The number of nitriles is 1. The molecule has 0 amide bonds. The standard InChI is InChI=1S/C29H37N9O/c1-18-12-26(36-35-18)33-27-24-5-4-20(37-10-6-23(39-2)7-11-37)15-25(24)32-28(34-27)31-19-13-21-16-29(8-3-9-30)17-22(14-19)38(21)29/h4-5,12,15,19,21-23H,3,6-8,10-11,13-14,16-17H2,1-2H3,(H3,31,32,33,34,35,36)/t19?,21-,22+,29?. The zero-order chi connectivity index (χ0) is 26.6. The minimum atomic E-state index is 0.322. The predicted molar refractivity (Wildman–Crippen MR) is 151 cm³/mol. The van der Waals surface area contributed by atoms with Crippen LogP contribution in [0.5, 0.6) is 0 Å². The molecule has 0 radical (unpaired) electrons. The number of nitrogens with zero attached hydrogens (tertiary/aromatic N) is 6. The molecule has 0 aliphatic carbocycles. The number of H-pyrrole nitrogens is 1. The van der Waals surface area contributed by atoms with Crippen LogP contribution in [0.3, 0.4) is 0 Å². The van der Waals surface area contributed by atoms with Crippen LogP contribution in [-0.2, 0) is 4.74 Å². The third kappa shape index (κ3) is 4.38. The van der Waals surface area contributed by atoms with Gasteiger partial charge in [-0.1, -0.05) is 0 Å². The zero-order valence-electron chi connectivity index (χ0n) is 22.8. The van der Waals surface area contributed by atoms with Crippen molar-refractivity contribution in [2.24, 2.45) is 0 Å². The van der Waals surface area contributed by atoms with E-state index in [0.717, 1.165) is 73.4 Å². The van der Waals surface area contributed by atoms with E-state index in [2.05, 4.69) is 54.9 Å². The van der Waals surface area contributed by atoms with E-state index >= 15 is 0 Å². The van der Waals surface area contributed by atoms with Crippen molar-refractivity contribution in [3.05, 3.63) is 30.0 Å². The Bertz CT molecular complexity index is 1390. The number of rotatable bonds is 8. The van der Waals surface area contributed by atoms with Crippen LogP contribution in [0, 0.1) is 18.3 Å². The van der Waals surface area contributed by atoms with Gasteiger partial charge in [0.15, 0.2) is 5.82 Å². The molecule has 0 spiro atoms. The number of piperidine rings is 3. The fourth-order valence-electron chi connectivity index (χ4n) is 7.71. The monoisotopic (exact) mass is 527 g/mol. The Kier molecular flexibility index (Phi) is 6.09. The van der Waals surface area contributed by atoms with Gasteiger partial charge in [-0.05, 0) is 70.1 Å². The summed E-state index contributed by atoms with van der Waals surface area (Å²) in [6.45, 7) is 3.95. The summed E-state index contributed by atoms with van der Waals surface area (Å²) in [6, 6.07) is 12.4. The maximum atomic E-state index is 9.06. The van der Waals surface area contributed by atoms with Crippen molar-refractivity contribution in [1.29, 1.82) is 5.26 Å². The summed E-state index contributed by atoms with van der Waals surface area (Å²) < 4.78 is 5.57. The fourth-order valence-corrected chi connectivity index (χ4v) is 7.71. The molecule has 3 aromatic rings. The number of anilines is 4. The first-order chi connectivity index (χ1) is 19.0. The number of nitrogens with one attached hydrogen (secondary N) is 3. The summed E-state index contributed by atoms with van der Waals surface area (Å²) in [5.41, 5.74) is 3.43. The highest BCUT2D eigenvalue weighted by Crippen LogP contribution is 2.58. The molecule has 1 aromatic carbocycles. The van der Waals surface area contributed by atoms with Crippen LogP contribution in [0.2, 0.25) is 0 Å². The Labute approximate surface area is 229 Å². The van der Waals surface area contributed by atoms with E-state index in [0.29, 0.717) is 42.1 Å². The van der Waals surface area contributed by atoms with Crippen LogP contribution in [0.4, 0.5) is 23.3 Å². The van der Waals surface area contributed by atoms with Gasteiger partial charge < -0.3 is 20.3 Å². The topological polar surface area (TPSA) is 118 Å². The minimum absolute atomic E-state index is 0.322. The lowest BCUT2D eigenvalue weighted by atomic mass is 9.57. The van der Waals surface area contributed by atoms with Gasteiger partial charge in [0.25, 0.3) is 0 Å². The van der Waals surface area contributed by atoms with Gasteiger partial charge in [-0.25, -0.2) is 4.98 Å². The highest BCUT2D eigenvalue weighted by molar-refractivity contribution is 5.93. The number of aromatic amines is 1. The third-order valence-corrected chi connectivity index (χ3v) is 9.49. The highest BCUT2D eigenvalue weighted by Gasteiger charge is 2.64. The Morgan fingerprint density at radius 1 is 1.15 bits per heavy atom. The van der Waals surface area contributed by atoms with Crippen molar-refractivity contribution in [1.82, 2.24) is 25.1 Å². The Balaban J connectivity index is 1.14. The van der Waals surface area contributed by atoms with Gasteiger partial charge in [0, 0.05) is 73.1 Å². The smallest absolute Gasteiger partial charge is 0.225 e. The van der Waals surface area contributed by atoms with Crippen molar-refractivity contribution < 1.29 is 4.74 Å². The van der Waals surface area contributed by atoms with Crippen LogP contribution in [0.25, 0.3) is 10.9 Å².